The fraction of sp³-hybridized carbons (Fsp3) is 0.400. The molecule has 0 bridgehead atoms. The van der Waals surface area contributed by atoms with Crippen LogP contribution in [0.2, 0.25) is 5.02 Å². The lowest BCUT2D eigenvalue weighted by molar-refractivity contribution is 0.583. The quantitative estimate of drug-likeness (QED) is 0.860. The maximum atomic E-state index is 6.19. The van der Waals surface area contributed by atoms with Crippen LogP contribution in [0.4, 0.5) is 5.69 Å². The predicted octanol–water partition coefficient (Wildman–Crippen LogP) is 5.01. The van der Waals surface area contributed by atoms with Crippen LogP contribution in [-0.2, 0) is 12.0 Å². The second-order valence-electron chi connectivity index (χ2n) is 5.73. The Morgan fingerprint density at radius 2 is 2.05 bits per heavy atom. The molecule has 0 atom stereocenters. The summed E-state index contributed by atoms with van der Waals surface area (Å²) in [5, 5.41) is 7.36. The first-order chi connectivity index (χ1) is 8.86. The van der Waals surface area contributed by atoms with Crippen molar-refractivity contribution in [2.75, 3.05) is 5.32 Å². The average molecular weight is 295 g/mol. The first kappa shape index (κ1) is 14.4. The molecule has 2 rings (SSSR count). The van der Waals surface area contributed by atoms with Crippen molar-refractivity contribution in [1.29, 1.82) is 0 Å². The Bertz CT molecular complexity index is 570. The van der Waals surface area contributed by atoms with Gasteiger partial charge in [0.25, 0.3) is 0 Å². The van der Waals surface area contributed by atoms with E-state index < -0.39 is 0 Å². The molecule has 2 aromatic rings. The van der Waals surface area contributed by atoms with Crippen molar-refractivity contribution in [1.82, 2.24) is 4.98 Å². The van der Waals surface area contributed by atoms with Crippen molar-refractivity contribution < 1.29 is 0 Å². The summed E-state index contributed by atoms with van der Waals surface area (Å²) in [4.78, 5) is 4.66. The van der Waals surface area contributed by atoms with Crippen molar-refractivity contribution in [3.05, 3.63) is 44.9 Å². The number of rotatable bonds is 3. The molecule has 1 N–H and O–H groups in total. The maximum Gasteiger partial charge on any atom is 0.0982 e. The first-order valence-electron chi connectivity index (χ1n) is 6.31. The third-order valence-electron chi connectivity index (χ3n) is 2.78. The van der Waals surface area contributed by atoms with Crippen LogP contribution in [-0.4, -0.2) is 4.98 Å². The molecule has 0 spiro atoms. The minimum Gasteiger partial charge on any atom is -0.378 e. The SMILES string of the molecule is Cc1ccc(NCc2csc(C(C)(C)C)n2)c(Cl)c1. The fourth-order valence-electron chi connectivity index (χ4n) is 1.68. The van der Waals surface area contributed by atoms with Gasteiger partial charge in [-0.3, -0.25) is 0 Å². The number of nitrogens with zero attached hydrogens (tertiary/aromatic N) is 1. The van der Waals surface area contributed by atoms with Gasteiger partial charge in [0.1, 0.15) is 0 Å². The second-order valence-corrected chi connectivity index (χ2v) is 7.00. The van der Waals surface area contributed by atoms with Crippen molar-refractivity contribution >= 4 is 28.6 Å². The summed E-state index contributed by atoms with van der Waals surface area (Å²) in [6, 6.07) is 6.02. The Labute approximate surface area is 123 Å². The average Bonchev–Trinajstić information content (AvgIpc) is 2.76. The standard InChI is InChI=1S/C15H19ClN2S/c1-10-5-6-13(12(16)7-10)17-8-11-9-19-14(18-11)15(2,3)4/h5-7,9,17H,8H2,1-4H3. The molecule has 1 heterocycles. The van der Waals surface area contributed by atoms with Gasteiger partial charge < -0.3 is 5.32 Å². The third kappa shape index (κ3) is 3.71. The van der Waals surface area contributed by atoms with Crippen LogP contribution in [0, 0.1) is 6.92 Å². The van der Waals surface area contributed by atoms with Gasteiger partial charge in [0.05, 0.1) is 28.0 Å². The number of thiazole rings is 1. The van der Waals surface area contributed by atoms with Gasteiger partial charge in [-0.25, -0.2) is 4.98 Å². The molecule has 4 heteroatoms. The Hall–Kier alpha value is -1.06. The molecule has 2 nitrogen and oxygen atoms in total. The molecule has 0 fully saturated rings. The molecule has 0 aliphatic rings. The molecule has 0 saturated carbocycles. The van der Waals surface area contributed by atoms with Crippen LogP contribution >= 0.6 is 22.9 Å². The Morgan fingerprint density at radius 1 is 1.32 bits per heavy atom. The number of aromatic nitrogens is 1. The molecule has 19 heavy (non-hydrogen) atoms. The Morgan fingerprint density at radius 3 is 2.63 bits per heavy atom. The van der Waals surface area contributed by atoms with E-state index in [4.69, 9.17) is 11.6 Å². The molecule has 0 saturated heterocycles. The molecular weight excluding hydrogens is 276 g/mol. The minimum atomic E-state index is 0.115. The van der Waals surface area contributed by atoms with Crippen LogP contribution in [0.15, 0.2) is 23.6 Å². The zero-order chi connectivity index (χ0) is 14.0. The topological polar surface area (TPSA) is 24.9 Å². The summed E-state index contributed by atoms with van der Waals surface area (Å²) in [6.07, 6.45) is 0. The van der Waals surface area contributed by atoms with E-state index in [1.807, 2.05) is 19.1 Å². The van der Waals surface area contributed by atoms with Gasteiger partial charge in [0.15, 0.2) is 0 Å². The van der Waals surface area contributed by atoms with Gasteiger partial charge in [0.2, 0.25) is 0 Å². The fourth-order valence-corrected chi connectivity index (χ4v) is 2.89. The highest BCUT2D eigenvalue weighted by molar-refractivity contribution is 7.09. The molecule has 102 valence electrons. The summed E-state index contributed by atoms with van der Waals surface area (Å²) in [6.45, 7) is 9.28. The van der Waals surface area contributed by atoms with E-state index >= 15 is 0 Å². The smallest absolute Gasteiger partial charge is 0.0982 e. The largest absolute Gasteiger partial charge is 0.378 e. The lowest BCUT2D eigenvalue weighted by Gasteiger charge is -2.13. The number of hydrogen-bond acceptors (Lipinski definition) is 3. The van der Waals surface area contributed by atoms with Gasteiger partial charge in [-0.1, -0.05) is 38.4 Å². The molecule has 0 unspecified atom stereocenters. The van der Waals surface area contributed by atoms with Crippen molar-refractivity contribution in [3.8, 4) is 0 Å². The number of anilines is 1. The van der Waals surface area contributed by atoms with Crippen molar-refractivity contribution in [3.63, 3.8) is 0 Å². The zero-order valence-corrected chi connectivity index (χ0v) is 13.3. The van der Waals surface area contributed by atoms with E-state index in [1.54, 1.807) is 11.3 Å². The summed E-state index contributed by atoms with van der Waals surface area (Å²) in [7, 11) is 0. The number of nitrogens with one attached hydrogen (secondary N) is 1. The van der Waals surface area contributed by atoms with E-state index in [9.17, 15) is 0 Å². The molecule has 0 amide bonds. The molecule has 0 aliphatic heterocycles. The highest BCUT2D eigenvalue weighted by Gasteiger charge is 2.17. The van der Waals surface area contributed by atoms with E-state index in [1.165, 1.54) is 10.6 Å². The van der Waals surface area contributed by atoms with E-state index in [2.05, 4.69) is 42.5 Å². The van der Waals surface area contributed by atoms with Gasteiger partial charge in [-0.05, 0) is 24.6 Å². The highest BCUT2D eigenvalue weighted by atomic mass is 35.5. The Kier molecular flexibility index (Phi) is 4.16. The normalized spacial score (nSPS) is 11.6. The predicted molar refractivity (Wildman–Crippen MR) is 84.3 cm³/mol. The van der Waals surface area contributed by atoms with Crippen LogP contribution in [0.5, 0.6) is 0 Å². The molecule has 1 aromatic heterocycles. The van der Waals surface area contributed by atoms with Gasteiger partial charge in [-0.2, -0.15) is 0 Å². The molecule has 0 radical (unpaired) electrons. The monoisotopic (exact) mass is 294 g/mol. The number of hydrogen-bond donors (Lipinski definition) is 1. The summed E-state index contributed by atoms with van der Waals surface area (Å²) >= 11 is 7.91. The Balaban J connectivity index is 2.04. The van der Waals surface area contributed by atoms with Gasteiger partial charge >= 0.3 is 0 Å². The maximum absolute atomic E-state index is 6.19. The lowest BCUT2D eigenvalue weighted by atomic mass is 9.98. The summed E-state index contributed by atoms with van der Waals surface area (Å²) in [5.74, 6) is 0. The molecule has 1 aromatic carbocycles. The third-order valence-corrected chi connectivity index (χ3v) is 4.41. The number of halogens is 1. The summed E-state index contributed by atoms with van der Waals surface area (Å²) < 4.78 is 0. The minimum absolute atomic E-state index is 0.115. The zero-order valence-electron chi connectivity index (χ0n) is 11.7. The van der Waals surface area contributed by atoms with Gasteiger partial charge in [-0.15, -0.1) is 11.3 Å². The molecule has 0 aliphatic carbocycles. The van der Waals surface area contributed by atoms with Crippen LogP contribution < -0.4 is 5.32 Å². The van der Waals surface area contributed by atoms with Crippen molar-refractivity contribution in [2.45, 2.75) is 39.7 Å². The summed E-state index contributed by atoms with van der Waals surface area (Å²) in [5.41, 5.74) is 3.30. The lowest BCUT2D eigenvalue weighted by Crippen LogP contribution is -2.11. The molecular formula is C15H19ClN2S. The number of benzene rings is 1. The second kappa shape index (κ2) is 5.51. The highest BCUT2D eigenvalue weighted by Crippen LogP contribution is 2.27. The van der Waals surface area contributed by atoms with Gasteiger partial charge in [0, 0.05) is 10.8 Å². The van der Waals surface area contributed by atoms with Crippen LogP contribution in [0.3, 0.4) is 0 Å². The first-order valence-corrected chi connectivity index (χ1v) is 7.57. The van der Waals surface area contributed by atoms with Crippen LogP contribution in [0.1, 0.15) is 37.0 Å². The van der Waals surface area contributed by atoms with E-state index in [0.717, 1.165) is 16.4 Å². The number of aryl methyl sites for hydroxylation is 1. The van der Waals surface area contributed by atoms with E-state index in [-0.39, 0.29) is 5.41 Å². The van der Waals surface area contributed by atoms with Crippen molar-refractivity contribution in [2.24, 2.45) is 0 Å². The van der Waals surface area contributed by atoms with Crippen LogP contribution in [0.25, 0.3) is 0 Å². The van der Waals surface area contributed by atoms with E-state index in [0.29, 0.717) is 6.54 Å².